The van der Waals surface area contributed by atoms with Gasteiger partial charge in [-0.15, -0.1) is 0 Å². The highest BCUT2D eigenvalue weighted by atomic mass is 19.1. The molecule has 0 saturated heterocycles. The Morgan fingerprint density at radius 2 is 1.93 bits per heavy atom. The molecule has 1 aromatic heterocycles. The summed E-state index contributed by atoms with van der Waals surface area (Å²) in [6.07, 6.45) is 1.83. The second kappa shape index (κ2) is 7.82. The predicted octanol–water partition coefficient (Wildman–Crippen LogP) is 5.34. The minimum Gasteiger partial charge on any atom is -0.491 e. The van der Waals surface area contributed by atoms with Gasteiger partial charge in [-0.2, -0.15) is 0 Å². The van der Waals surface area contributed by atoms with Gasteiger partial charge in [-0.3, -0.25) is 4.79 Å². The van der Waals surface area contributed by atoms with Crippen molar-refractivity contribution in [3.8, 4) is 17.1 Å². The van der Waals surface area contributed by atoms with Gasteiger partial charge in [0, 0.05) is 18.0 Å². The largest absolute Gasteiger partial charge is 0.491 e. The van der Waals surface area contributed by atoms with Crippen LogP contribution >= 0.6 is 0 Å². The quantitative estimate of drug-likeness (QED) is 0.638. The molecule has 2 aromatic carbocycles. The summed E-state index contributed by atoms with van der Waals surface area (Å²) in [7, 11) is 1.58. The molecule has 1 amide bonds. The number of hydrogen-bond acceptors (Lipinski definition) is 3. The van der Waals surface area contributed by atoms with Gasteiger partial charge in [-0.05, 0) is 62.2 Å². The van der Waals surface area contributed by atoms with E-state index in [0.29, 0.717) is 27.9 Å². The number of halogens is 1. The maximum atomic E-state index is 13.3. The van der Waals surface area contributed by atoms with Crippen LogP contribution in [-0.4, -0.2) is 19.1 Å². The first-order chi connectivity index (χ1) is 12.9. The summed E-state index contributed by atoms with van der Waals surface area (Å²) >= 11 is 0. The summed E-state index contributed by atoms with van der Waals surface area (Å²) in [5.41, 5.74) is 2.74. The van der Waals surface area contributed by atoms with Crippen molar-refractivity contribution in [3.05, 3.63) is 53.3 Å². The molecule has 0 fully saturated rings. The van der Waals surface area contributed by atoms with Crippen molar-refractivity contribution in [1.82, 2.24) is 5.32 Å². The predicted molar refractivity (Wildman–Crippen MR) is 105 cm³/mol. The Morgan fingerprint density at radius 3 is 2.52 bits per heavy atom. The van der Waals surface area contributed by atoms with Gasteiger partial charge in [0.05, 0.1) is 11.7 Å². The van der Waals surface area contributed by atoms with E-state index in [4.69, 9.17) is 9.15 Å². The molecule has 5 heteroatoms. The van der Waals surface area contributed by atoms with Gasteiger partial charge < -0.3 is 14.5 Å². The van der Waals surface area contributed by atoms with Crippen molar-refractivity contribution in [3.63, 3.8) is 0 Å². The second-order valence-electron chi connectivity index (χ2n) is 6.76. The Hall–Kier alpha value is -2.82. The number of aryl methyl sites for hydroxylation is 1. The third-order valence-corrected chi connectivity index (χ3v) is 4.31. The fraction of sp³-hybridized carbons (Fsp3) is 0.318. The average molecular weight is 369 g/mol. The number of amides is 1. The van der Waals surface area contributed by atoms with Crippen LogP contribution in [0.1, 0.15) is 43.1 Å². The van der Waals surface area contributed by atoms with Crippen molar-refractivity contribution >= 4 is 16.9 Å². The molecule has 142 valence electrons. The summed E-state index contributed by atoms with van der Waals surface area (Å²) in [5.74, 6) is 0.588. The average Bonchev–Trinajstić information content (AvgIpc) is 3.00. The minimum atomic E-state index is -0.339. The van der Waals surface area contributed by atoms with E-state index < -0.39 is 0 Å². The maximum Gasteiger partial charge on any atom is 0.255 e. The Bertz CT molecular complexity index is 958. The molecule has 0 unspecified atom stereocenters. The third-order valence-electron chi connectivity index (χ3n) is 4.31. The Balaban J connectivity index is 2.26. The molecule has 1 N–H and O–H groups in total. The lowest BCUT2D eigenvalue weighted by molar-refractivity contribution is 0.0964. The van der Waals surface area contributed by atoms with Crippen LogP contribution in [0.2, 0.25) is 0 Å². The number of benzene rings is 2. The van der Waals surface area contributed by atoms with Crippen molar-refractivity contribution < 1.29 is 18.3 Å². The van der Waals surface area contributed by atoms with Crippen LogP contribution in [0, 0.1) is 5.82 Å². The van der Waals surface area contributed by atoms with Crippen LogP contribution in [0.15, 0.2) is 40.8 Å². The van der Waals surface area contributed by atoms with Gasteiger partial charge in [0.1, 0.15) is 22.9 Å². The normalized spacial score (nSPS) is 11.2. The molecule has 0 saturated carbocycles. The summed E-state index contributed by atoms with van der Waals surface area (Å²) in [4.78, 5) is 12.6. The highest BCUT2D eigenvalue weighted by Crippen LogP contribution is 2.38. The molecule has 0 aliphatic rings. The number of hydrogen-bond donors (Lipinski definition) is 1. The number of ether oxygens (including phenoxy) is 1. The monoisotopic (exact) mass is 369 g/mol. The molecule has 0 radical (unpaired) electrons. The summed E-state index contributed by atoms with van der Waals surface area (Å²) in [6, 6.07) is 9.74. The van der Waals surface area contributed by atoms with Crippen LogP contribution < -0.4 is 10.1 Å². The van der Waals surface area contributed by atoms with Crippen molar-refractivity contribution in [1.29, 1.82) is 0 Å². The number of nitrogens with one attached hydrogen (secondary N) is 1. The number of carbonyl (C=O) groups excluding carboxylic acids is 1. The second-order valence-corrected chi connectivity index (χ2v) is 6.76. The minimum absolute atomic E-state index is 0.0185. The Morgan fingerprint density at radius 1 is 1.22 bits per heavy atom. The lowest BCUT2D eigenvalue weighted by Crippen LogP contribution is -2.18. The van der Waals surface area contributed by atoms with Crippen molar-refractivity contribution in [2.24, 2.45) is 0 Å². The first kappa shape index (κ1) is 19.0. The molecule has 1 heterocycles. The Labute approximate surface area is 158 Å². The standard InChI is InChI=1S/C22H24FNO3/c1-5-6-15-11-19-17(12-18(15)26-13(2)3)20(22(25)24-4)21(27-19)14-7-9-16(23)10-8-14/h7-13H,5-6H2,1-4H3,(H,24,25). The summed E-state index contributed by atoms with van der Waals surface area (Å²) < 4.78 is 25.4. The summed E-state index contributed by atoms with van der Waals surface area (Å²) in [5, 5.41) is 3.35. The number of carbonyl (C=O) groups is 1. The zero-order valence-electron chi connectivity index (χ0n) is 16.1. The Kier molecular flexibility index (Phi) is 5.49. The van der Waals surface area contributed by atoms with Crippen LogP contribution in [0.3, 0.4) is 0 Å². The van der Waals surface area contributed by atoms with Gasteiger partial charge in [0.25, 0.3) is 5.91 Å². The molecule has 27 heavy (non-hydrogen) atoms. The van der Waals surface area contributed by atoms with Crippen LogP contribution in [0.5, 0.6) is 5.75 Å². The van der Waals surface area contributed by atoms with Gasteiger partial charge in [-0.1, -0.05) is 13.3 Å². The van der Waals surface area contributed by atoms with Crippen molar-refractivity contribution in [2.75, 3.05) is 7.05 Å². The third kappa shape index (κ3) is 3.82. The van der Waals surface area contributed by atoms with E-state index in [9.17, 15) is 9.18 Å². The van der Waals surface area contributed by atoms with E-state index in [-0.39, 0.29) is 17.8 Å². The molecule has 0 aliphatic carbocycles. The molecule has 3 aromatic rings. The zero-order chi connectivity index (χ0) is 19.6. The lowest BCUT2D eigenvalue weighted by atomic mass is 10.0. The zero-order valence-corrected chi connectivity index (χ0v) is 16.1. The molecule has 0 spiro atoms. The molecular formula is C22H24FNO3. The van der Waals surface area contributed by atoms with Gasteiger partial charge in [0.15, 0.2) is 0 Å². The molecule has 0 atom stereocenters. The number of rotatable bonds is 6. The van der Waals surface area contributed by atoms with E-state index >= 15 is 0 Å². The van der Waals surface area contributed by atoms with Crippen LogP contribution in [0.4, 0.5) is 4.39 Å². The van der Waals surface area contributed by atoms with E-state index in [1.54, 1.807) is 19.2 Å². The lowest BCUT2D eigenvalue weighted by Gasteiger charge is -2.14. The fourth-order valence-electron chi connectivity index (χ4n) is 3.15. The SMILES string of the molecule is CCCc1cc2oc(-c3ccc(F)cc3)c(C(=O)NC)c2cc1OC(C)C. The topological polar surface area (TPSA) is 51.5 Å². The van der Waals surface area contributed by atoms with Gasteiger partial charge in [-0.25, -0.2) is 4.39 Å². The van der Waals surface area contributed by atoms with Crippen molar-refractivity contribution in [2.45, 2.75) is 39.7 Å². The first-order valence-corrected chi connectivity index (χ1v) is 9.18. The maximum absolute atomic E-state index is 13.3. The van der Waals surface area contributed by atoms with E-state index in [1.165, 1.54) is 12.1 Å². The number of furan rings is 1. The van der Waals surface area contributed by atoms with Crippen LogP contribution in [0.25, 0.3) is 22.3 Å². The molecule has 0 aliphatic heterocycles. The number of fused-ring (bicyclic) bond motifs is 1. The van der Waals surface area contributed by atoms with E-state index in [0.717, 1.165) is 24.2 Å². The van der Waals surface area contributed by atoms with Crippen LogP contribution in [-0.2, 0) is 6.42 Å². The van der Waals surface area contributed by atoms with E-state index in [1.807, 2.05) is 26.0 Å². The molecule has 0 bridgehead atoms. The fourth-order valence-corrected chi connectivity index (χ4v) is 3.15. The summed E-state index contributed by atoms with van der Waals surface area (Å²) in [6.45, 7) is 6.04. The van der Waals surface area contributed by atoms with Gasteiger partial charge in [0.2, 0.25) is 0 Å². The smallest absolute Gasteiger partial charge is 0.255 e. The highest BCUT2D eigenvalue weighted by molar-refractivity contribution is 6.11. The molecular weight excluding hydrogens is 345 g/mol. The first-order valence-electron chi connectivity index (χ1n) is 9.18. The highest BCUT2D eigenvalue weighted by Gasteiger charge is 2.23. The molecule has 4 nitrogen and oxygen atoms in total. The van der Waals surface area contributed by atoms with Gasteiger partial charge >= 0.3 is 0 Å². The molecule has 3 rings (SSSR count). The van der Waals surface area contributed by atoms with E-state index in [2.05, 4.69) is 12.2 Å².